The van der Waals surface area contributed by atoms with Gasteiger partial charge in [0.25, 0.3) is 5.91 Å². The topological polar surface area (TPSA) is 96.1 Å². The van der Waals surface area contributed by atoms with Crippen molar-refractivity contribution in [3.63, 3.8) is 0 Å². The molecule has 0 saturated heterocycles. The second-order valence-corrected chi connectivity index (χ2v) is 5.68. The maximum atomic E-state index is 11.2. The smallest absolute Gasteiger partial charge is 0.261 e. The summed E-state index contributed by atoms with van der Waals surface area (Å²) >= 11 is 1.21. The molecular formula is C12H16N4OS. The van der Waals surface area contributed by atoms with Crippen molar-refractivity contribution in [1.82, 2.24) is 0 Å². The van der Waals surface area contributed by atoms with Gasteiger partial charge in [0, 0.05) is 13.6 Å². The highest BCUT2D eigenvalue weighted by Gasteiger charge is 2.25. The summed E-state index contributed by atoms with van der Waals surface area (Å²) in [6, 6.07) is 2.07. The Morgan fingerprint density at radius 1 is 1.61 bits per heavy atom. The van der Waals surface area contributed by atoms with Crippen LogP contribution in [0.2, 0.25) is 0 Å². The Bertz CT molecular complexity index is 513. The van der Waals surface area contributed by atoms with E-state index in [1.165, 1.54) is 30.6 Å². The SMILES string of the molecule is CN(CC1CCC1)c1sc(C(N)=O)c(N)c1C#N. The number of nitrogens with two attached hydrogens (primary N) is 2. The van der Waals surface area contributed by atoms with E-state index in [-0.39, 0.29) is 10.6 Å². The first kappa shape index (κ1) is 12.7. The number of rotatable bonds is 4. The standard InChI is InChI=1S/C12H16N4OS/c1-16(6-7-3-2-4-7)12-8(5-13)9(14)10(18-12)11(15)17/h7H,2-4,6,14H2,1H3,(H2,15,17). The zero-order valence-electron chi connectivity index (χ0n) is 10.3. The van der Waals surface area contributed by atoms with Crippen molar-refractivity contribution in [3.8, 4) is 6.07 Å². The van der Waals surface area contributed by atoms with Gasteiger partial charge in [0.2, 0.25) is 0 Å². The Morgan fingerprint density at radius 3 is 2.72 bits per heavy atom. The van der Waals surface area contributed by atoms with E-state index in [1.54, 1.807) is 0 Å². The average molecular weight is 264 g/mol. The van der Waals surface area contributed by atoms with Crippen molar-refractivity contribution in [2.75, 3.05) is 24.2 Å². The van der Waals surface area contributed by atoms with Gasteiger partial charge in [0.15, 0.2) is 0 Å². The number of amides is 1. The van der Waals surface area contributed by atoms with Gasteiger partial charge in [-0.25, -0.2) is 0 Å². The normalized spacial score (nSPS) is 14.9. The molecule has 1 aliphatic rings. The van der Waals surface area contributed by atoms with Crippen LogP contribution in [-0.4, -0.2) is 19.5 Å². The van der Waals surface area contributed by atoms with Crippen molar-refractivity contribution in [2.24, 2.45) is 11.7 Å². The van der Waals surface area contributed by atoms with Gasteiger partial charge >= 0.3 is 0 Å². The van der Waals surface area contributed by atoms with Gasteiger partial charge < -0.3 is 16.4 Å². The highest BCUT2D eigenvalue weighted by atomic mass is 32.1. The minimum Gasteiger partial charge on any atom is -0.396 e. The van der Waals surface area contributed by atoms with Crippen molar-refractivity contribution in [1.29, 1.82) is 5.26 Å². The minimum absolute atomic E-state index is 0.213. The molecule has 1 aromatic heterocycles. The van der Waals surface area contributed by atoms with Crippen molar-refractivity contribution < 1.29 is 4.79 Å². The Balaban J connectivity index is 2.28. The number of nitrogens with zero attached hydrogens (tertiary/aromatic N) is 2. The molecule has 1 saturated carbocycles. The van der Waals surface area contributed by atoms with Gasteiger partial charge in [0.05, 0.1) is 5.69 Å². The number of nitriles is 1. The molecule has 4 N–H and O–H groups in total. The van der Waals surface area contributed by atoms with Gasteiger partial charge in [-0.3, -0.25) is 4.79 Å². The van der Waals surface area contributed by atoms with E-state index in [0.717, 1.165) is 11.5 Å². The maximum Gasteiger partial charge on any atom is 0.261 e. The number of hydrogen-bond donors (Lipinski definition) is 2. The molecule has 1 fully saturated rings. The Morgan fingerprint density at radius 2 is 2.28 bits per heavy atom. The fraction of sp³-hybridized carbons (Fsp3) is 0.500. The summed E-state index contributed by atoms with van der Waals surface area (Å²) in [4.78, 5) is 13.5. The predicted molar refractivity (Wildman–Crippen MR) is 72.6 cm³/mol. The third kappa shape index (κ3) is 2.14. The summed E-state index contributed by atoms with van der Waals surface area (Å²) in [5, 5.41) is 9.89. The highest BCUT2D eigenvalue weighted by molar-refractivity contribution is 7.19. The zero-order valence-corrected chi connectivity index (χ0v) is 11.1. The molecule has 0 radical (unpaired) electrons. The molecule has 5 nitrogen and oxygen atoms in total. The van der Waals surface area contributed by atoms with E-state index in [1.807, 2.05) is 11.9 Å². The molecule has 0 aromatic carbocycles. The summed E-state index contributed by atoms with van der Waals surface area (Å²) in [7, 11) is 1.93. The van der Waals surface area contributed by atoms with Crippen LogP contribution >= 0.6 is 11.3 Å². The van der Waals surface area contributed by atoms with Gasteiger partial charge in [0.1, 0.15) is 21.5 Å². The molecule has 0 bridgehead atoms. The lowest BCUT2D eigenvalue weighted by Crippen LogP contribution is -2.29. The average Bonchev–Trinajstić information content (AvgIpc) is 2.60. The third-order valence-electron chi connectivity index (χ3n) is 3.37. The van der Waals surface area contributed by atoms with Crippen LogP contribution in [-0.2, 0) is 0 Å². The van der Waals surface area contributed by atoms with Crippen molar-refractivity contribution >= 4 is 27.9 Å². The molecule has 96 valence electrons. The highest BCUT2D eigenvalue weighted by Crippen LogP contribution is 2.38. The molecule has 1 amide bonds. The number of anilines is 2. The van der Waals surface area contributed by atoms with E-state index in [0.29, 0.717) is 11.5 Å². The van der Waals surface area contributed by atoms with Crippen LogP contribution < -0.4 is 16.4 Å². The minimum atomic E-state index is -0.572. The first-order valence-electron chi connectivity index (χ1n) is 5.88. The lowest BCUT2D eigenvalue weighted by molar-refractivity contribution is 0.100. The van der Waals surface area contributed by atoms with E-state index in [9.17, 15) is 4.79 Å². The van der Waals surface area contributed by atoms with Crippen LogP contribution in [0.4, 0.5) is 10.7 Å². The summed E-state index contributed by atoms with van der Waals surface area (Å²) in [6.45, 7) is 0.896. The molecule has 18 heavy (non-hydrogen) atoms. The second-order valence-electron chi connectivity index (χ2n) is 4.68. The second kappa shape index (κ2) is 4.86. The number of primary amides is 1. The molecule has 1 aromatic rings. The van der Waals surface area contributed by atoms with Crippen LogP contribution in [0.1, 0.15) is 34.5 Å². The van der Waals surface area contributed by atoms with Gasteiger partial charge in [-0.05, 0) is 18.8 Å². The van der Waals surface area contributed by atoms with Crippen LogP contribution in [0.25, 0.3) is 0 Å². The third-order valence-corrected chi connectivity index (χ3v) is 4.70. The summed E-state index contributed by atoms with van der Waals surface area (Å²) in [5.41, 5.74) is 11.6. The maximum absolute atomic E-state index is 11.2. The molecule has 0 atom stereocenters. The Labute approximate surface area is 110 Å². The quantitative estimate of drug-likeness (QED) is 0.862. The molecule has 0 spiro atoms. The van der Waals surface area contributed by atoms with Gasteiger partial charge in [-0.1, -0.05) is 6.42 Å². The summed E-state index contributed by atoms with van der Waals surface area (Å²) < 4.78 is 0. The predicted octanol–water partition coefficient (Wildman–Crippen LogP) is 1.54. The molecule has 0 unspecified atom stereocenters. The monoisotopic (exact) mass is 264 g/mol. The van der Waals surface area contributed by atoms with Crippen LogP contribution in [0.15, 0.2) is 0 Å². The summed E-state index contributed by atoms with van der Waals surface area (Å²) in [5.74, 6) is 0.110. The fourth-order valence-corrected chi connectivity index (χ4v) is 3.13. The lowest BCUT2D eigenvalue weighted by atomic mass is 9.85. The lowest BCUT2D eigenvalue weighted by Gasteiger charge is -2.30. The fourth-order valence-electron chi connectivity index (χ4n) is 2.14. The van der Waals surface area contributed by atoms with E-state index < -0.39 is 5.91 Å². The van der Waals surface area contributed by atoms with Crippen molar-refractivity contribution in [3.05, 3.63) is 10.4 Å². The van der Waals surface area contributed by atoms with E-state index in [4.69, 9.17) is 16.7 Å². The number of nitrogen functional groups attached to an aromatic ring is 1. The Hall–Kier alpha value is -1.74. The molecule has 6 heteroatoms. The number of carbonyl (C=O) groups excluding carboxylic acids is 1. The molecular weight excluding hydrogens is 248 g/mol. The summed E-state index contributed by atoms with van der Waals surface area (Å²) in [6.07, 6.45) is 3.74. The number of carbonyl (C=O) groups is 1. The van der Waals surface area contributed by atoms with Gasteiger partial charge in [-0.15, -0.1) is 11.3 Å². The van der Waals surface area contributed by atoms with Crippen LogP contribution in [0.3, 0.4) is 0 Å². The number of hydrogen-bond acceptors (Lipinski definition) is 5. The molecule has 2 rings (SSSR count). The number of thiophene rings is 1. The first-order valence-corrected chi connectivity index (χ1v) is 6.69. The molecule has 1 heterocycles. The van der Waals surface area contributed by atoms with E-state index in [2.05, 4.69) is 6.07 Å². The van der Waals surface area contributed by atoms with Gasteiger partial charge in [-0.2, -0.15) is 5.26 Å². The largest absolute Gasteiger partial charge is 0.396 e. The Kier molecular flexibility index (Phi) is 3.43. The van der Waals surface area contributed by atoms with Crippen LogP contribution in [0, 0.1) is 17.2 Å². The first-order chi connectivity index (χ1) is 8.54. The van der Waals surface area contributed by atoms with Crippen molar-refractivity contribution in [2.45, 2.75) is 19.3 Å². The molecule has 1 aliphatic carbocycles. The zero-order chi connectivity index (χ0) is 13.3. The molecule has 0 aliphatic heterocycles. The van der Waals surface area contributed by atoms with E-state index >= 15 is 0 Å². The van der Waals surface area contributed by atoms with Crippen LogP contribution in [0.5, 0.6) is 0 Å².